The number of tetrazole rings is 1. The van der Waals surface area contributed by atoms with E-state index in [1.807, 2.05) is 36.4 Å². The van der Waals surface area contributed by atoms with E-state index in [1.165, 1.54) is 24.3 Å². The van der Waals surface area contributed by atoms with Crippen LogP contribution in [-0.4, -0.2) is 43.4 Å². The van der Waals surface area contributed by atoms with Crippen molar-refractivity contribution in [2.75, 3.05) is 12.4 Å². The van der Waals surface area contributed by atoms with Crippen LogP contribution in [0.2, 0.25) is 10.2 Å². The summed E-state index contributed by atoms with van der Waals surface area (Å²) in [5.74, 6) is 0.0638. The van der Waals surface area contributed by atoms with E-state index in [-0.39, 0.29) is 0 Å². The molecule has 0 radical (unpaired) electrons. The number of benzene rings is 3. The third-order valence-corrected chi connectivity index (χ3v) is 7.56. The lowest BCUT2D eigenvalue weighted by atomic mass is 9.94. The largest absolute Gasteiger partial charge is 0.618 e. The lowest BCUT2D eigenvalue weighted by Gasteiger charge is -2.16. The van der Waals surface area contributed by atoms with Gasteiger partial charge in [-0.25, -0.2) is 9.78 Å². The quantitative estimate of drug-likeness (QED) is 0.151. The second-order valence-electron chi connectivity index (χ2n) is 9.81. The number of ether oxygens (including phenoxy) is 1. The van der Waals surface area contributed by atoms with Gasteiger partial charge in [-0.3, -0.25) is 5.32 Å². The molecular formula is C31H24Cl2N8O3. The Bertz CT molecular complexity index is 1910. The molecule has 0 aliphatic carbocycles. The second-order valence-corrected chi connectivity index (χ2v) is 10.6. The predicted octanol–water partition coefficient (Wildman–Crippen LogP) is 6.21. The number of nitrogens with zero attached hydrogens (tertiary/aromatic N) is 6. The minimum absolute atomic E-state index is 0.325. The Kier molecular flexibility index (Phi) is 8.22. The number of halogens is 2. The Morgan fingerprint density at radius 1 is 1.05 bits per heavy atom. The molecule has 0 aliphatic heterocycles. The van der Waals surface area contributed by atoms with Gasteiger partial charge in [0.1, 0.15) is 28.9 Å². The fourth-order valence-corrected chi connectivity index (χ4v) is 5.35. The fourth-order valence-electron chi connectivity index (χ4n) is 4.93. The first-order chi connectivity index (χ1) is 21.4. The number of hydrogen-bond acceptors (Lipinski definition) is 7. The van der Waals surface area contributed by atoms with Crippen LogP contribution >= 0.6 is 23.2 Å². The van der Waals surface area contributed by atoms with Gasteiger partial charge in [0.15, 0.2) is 6.20 Å². The molecule has 44 heavy (non-hydrogen) atoms. The Morgan fingerprint density at radius 3 is 2.52 bits per heavy atom. The van der Waals surface area contributed by atoms with Gasteiger partial charge in [0, 0.05) is 33.5 Å². The third-order valence-electron chi connectivity index (χ3n) is 7.05. The molecule has 0 unspecified atom stereocenters. The molecule has 0 bridgehead atoms. The normalized spacial score (nSPS) is 11.7. The Balaban J connectivity index is 1.38. The maximum absolute atomic E-state index is 13.7. The van der Waals surface area contributed by atoms with E-state index in [2.05, 4.69) is 30.6 Å². The molecule has 0 saturated heterocycles. The maximum Gasteiger partial charge on any atom is 0.411 e. The van der Waals surface area contributed by atoms with Crippen LogP contribution in [0.15, 0.2) is 97.5 Å². The van der Waals surface area contributed by atoms with Crippen molar-refractivity contribution >= 4 is 35.0 Å². The number of rotatable bonds is 8. The summed E-state index contributed by atoms with van der Waals surface area (Å²) in [4.78, 5) is 19.6. The molecule has 13 heteroatoms. The average Bonchev–Trinajstić information content (AvgIpc) is 3.71. The summed E-state index contributed by atoms with van der Waals surface area (Å²) in [6.45, 7) is 0. The zero-order valence-electron chi connectivity index (χ0n) is 23.2. The lowest BCUT2D eigenvalue weighted by molar-refractivity contribution is -0.614. The molecule has 3 aromatic carbocycles. The third kappa shape index (κ3) is 6.10. The summed E-state index contributed by atoms with van der Waals surface area (Å²) < 4.78 is 7.00. The summed E-state index contributed by atoms with van der Waals surface area (Å²) in [6, 6.07) is 25.8. The number of pyridine rings is 1. The molecule has 11 nitrogen and oxygen atoms in total. The smallest absolute Gasteiger partial charge is 0.411 e. The van der Waals surface area contributed by atoms with E-state index >= 15 is 0 Å². The van der Waals surface area contributed by atoms with E-state index < -0.39 is 12.0 Å². The fraction of sp³-hybridized carbons (Fsp3) is 0.0968. The van der Waals surface area contributed by atoms with Gasteiger partial charge in [-0.2, -0.15) is 9.41 Å². The number of anilines is 1. The molecule has 1 amide bonds. The van der Waals surface area contributed by atoms with Gasteiger partial charge in [0.05, 0.1) is 12.8 Å². The number of nitrogens with one attached hydrogen (secondary N) is 2. The molecule has 0 fully saturated rings. The topological polar surface area (TPSA) is 138 Å². The SMILES string of the molecule is COC(=O)Nc1ccc(-c2nc([C@@H](Cc3ccccc3)c3ccc(-c4cc(Cl)ccc4-n4cnnn4)c[n+]3[O-])[nH]c2Cl)cc1. The summed E-state index contributed by atoms with van der Waals surface area (Å²) in [7, 11) is 1.30. The standard InChI is InChI=1S/C31H24Cl2N8O3/c1-44-31(42)35-23-11-7-20(8-12-23)28-29(33)37-30(36-28)25(15-19-5-3-2-4-6-19)27-13-9-21(17-41(27)43)24-16-22(32)10-14-26(24)40-18-34-38-39-40/h2-14,16-18,25H,15H2,1H3,(H,35,42)(H,36,37)/t25-/m0/s1. The van der Waals surface area contributed by atoms with Crippen LogP contribution in [0.4, 0.5) is 10.5 Å². The molecule has 3 heterocycles. The summed E-state index contributed by atoms with van der Waals surface area (Å²) in [5, 5.41) is 28.6. The molecule has 6 aromatic rings. The molecular weight excluding hydrogens is 603 g/mol. The van der Waals surface area contributed by atoms with Gasteiger partial charge in [-0.15, -0.1) is 5.10 Å². The number of carbonyl (C=O) groups is 1. The molecule has 2 N–H and O–H groups in total. The average molecular weight is 627 g/mol. The highest BCUT2D eigenvalue weighted by Crippen LogP contribution is 2.34. The van der Waals surface area contributed by atoms with Crippen LogP contribution in [0.1, 0.15) is 23.0 Å². The Hall–Kier alpha value is -5.26. The summed E-state index contributed by atoms with van der Waals surface area (Å²) >= 11 is 13.0. The van der Waals surface area contributed by atoms with Crippen molar-refractivity contribution in [3.05, 3.63) is 130 Å². The zero-order valence-corrected chi connectivity index (χ0v) is 24.7. The van der Waals surface area contributed by atoms with Crippen molar-refractivity contribution < 1.29 is 14.3 Å². The van der Waals surface area contributed by atoms with Crippen molar-refractivity contribution in [1.82, 2.24) is 30.2 Å². The molecule has 220 valence electrons. The highest BCUT2D eigenvalue weighted by molar-refractivity contribution is 6.32. The van der Waals surface area contributed by atoms with Crippen molar-refractivity contribution in [3.8, 4) is 28.1 Å². The molecule has 0 spiro atoms. The van der Waals surface area contributed by atoms with Crippen molar-refractivity contribution in [2.24, 2.45) is 0 Å². The molecule has 0 saturated carbocycles. The summed E-state index contributed by atoms with van der Waals surface area (Å²) in [5.41, 5.74) is 5.29. The van der Waals surface area contributed by atoms with Gasteiger partial charge in [0.25, 0.3) is 0 Å². The van der Waals surface area contributed by atoms with Gasteiger partial charge < -0.3 is 14.9 Å². The Morgan fingerprint density at radius 2 is 1.82 bits per heavy atom. The first-order valence-electron chi connectivity index (χ1n) is 13.4. The van der Waals surface area contributed by atoms with Gasteiger partial charge >= 0.3 is 6.09 Å². The second kappa shape index (κ2) is 12.5. The number of aromatic nitrogens is 7. The monoisotopic (exact) mass is 626 g/mol. The van der Waals surface area contributed by atoms with Gasteiger partial charge in [-0.05, 0) is 58.8 Å². The Labute approximate surface area is 261 Å². The van der Waals surface area contributed by atoms with Crippen molar-refractivity contribution in [2.45, 2.75) is 12.3 Å². The number of hydrogen-bond donors (Lipinski definition) is 2. The minimum atomic E-state index is -0.569. The molecule has 3 aromatic heterocycles. The van der Waals surface area contributed by atoms with Crippen LogP contribution in [0.3, 0.4) is 0 Å². The van der Waals surface area contributed by atoms with Crippen molar-refractivity contribution in [1.29, 1.82) is 0 Å². The maximum atomic E-state index is 13.7. The van der Waals surface area contributed by atoms with Crippen LogP contribution in [0.5, 0.6) is 0 Å². The predicted molar refractivity (Wildman–Crippen MR) is 166 cm³/mol. The van der Waals surface area contributed by atoms with Crippen LogP contribution in [-0.2, 0) is 11.2 Å². The lowest BCUT2D eigenvalue weighted by Crippen LogP contribution is -2.34. The number of aromatic amines is 1. The van der Waals surface area contributed by atoms with Crippen molar-refractivity contribution in [3.63, 3.8) is 0 Å². The number of amides is 1. The van der Waals surface area contributed by atoms with E-state index in [1.54, 1.807) is 48.5 Å². The molecule has 0 aliphatic rings. The molecule has 1 atom stereocenters. The van der Waals surface area contributed by atoms with Crippen LogP contribution < -0.4 is 10.0 Å². The van der Waals surface area contributed by atoms with E-state index in [9.17, 15) is 10.0 Å². The van der Waals surface area contributed by atoms with Gasteiger partial charge in [0.2, 0.25) is 5.69 Å². The minimum Gasteiger partial charge on any atom is -0.618 e. The number of H-pyrrole nitrogens is 1. The number of imidazole rings is 1. The first kappa shape index (κ1) is 28.8. The van der Waals surface area contributed by atoms with E-state index in [0.29, 0.717) is 56.3 Å². The van der Waals surface area contributed by atoms with E-state index in [4.69, 9.17) is 28.2 Å². The number of carbonyl (C=O) groups excluding carboxylic acids is 1. The van der Waals surface area contributed by atoms with E-state index in [0.717, 1.165) is 15.9 Å². The number of methoxy groups -OCH3 is 1. The van der Waals surface area contributed by atoms with Crippen LogP contribution in [0.25, 0.3) is 28.1 Å². The molecule has 6 rings (SSSR count). The zero-order chi connectivity index (χ0) is 30.6. The highest BCUT2D eigenvalue weighted by Gasteiger charge is 2.28. The van der Waals surface area contributed by atoms with Crippen LogP contribution in [0, 0.1) is 5.21 Å². The highest BCUT2D eigenvalue weighted by atomic mass is 35.5. The first-order valence-corrected chi connectivity index (χ1v) is 14.2. The van der Waals surface area contributed by atoms with Gasteiger partial charge in [-0.1, -0.05) is 65.7 Å². The summed E-state index contributed by atoms with van der Waals surface area (Å²) in [6.07, 6.45) is 2.90.